The number of nitrogens with zero attached hydrogens (tertiary/aromatic N) is 2. The molecular formula is C22H27N3O4S. The number of aliphatic imine (C=N–C) groups is 1. The second kappa shape index (κ2) is 9.04. The van der Waals surface area contributed by atoms with Gasteiger partial charge in [-0.25, -0.2) is 9.78 Å². The summed E-state index contributed by atoms with van der Waals surface area (Å²) in [6, 6.07) is 3.33. The van der Waals surface area contributed by atoms with Crippen molar-refractivity contribution in [1.82, 2.24) is 10.3 Å². The van der Waals surface area contributed by atoms with Crippen molar-refractivity contribution < 1.29 is 19.1 Å². The Morgan fingerprint density at radius 1 is 1.27 bits per heavy atom. The molecule has 8 heteroatoms. The molecule has 7 nitrogen and oxygen atoms in total. The van der Waals surface area contributed by atoms with Gasteiger partial charge in [0.1, 0.15) is 11.0 Å². The van der Waals surface area contributed by atoms with Gasteiger partial charge in [0.2, 0.25) is 5.88 Å². The molecule has 1 N–H and O–H groups in total. The third-order valence-electron chi connectivity index (χ3n) is 4.93. The Kier molecular flexibility index (Phi) is 6.65. The summed E-state index contributed by atoms with van der Waals surface area (Å²) >= 11 is 1.38. The molecule has 2 aliphatic rings. The lowest BCUT2D eigenvalue weighted by atomic mass is 9.98. The average molecular weight is 430 g/mol. The molecule has 1 amide bonds. The summed E-state index contributed by atoms with van der Waals surface area (Å²) in [5, 5.41) is 3.16. The number of amides is 1. The van der Waals surface area contributed by atoms with Crippen molar-refractivity contribution in [2.45, 2.75) is 57.1 Å². The first-order chi connectivity index (χ1) is 14.3. The Balaban J connectivity index is 1.68. The zero-order valence-electron chi connectivity index (χ0n) is 17.7. The quantitative estimate of drug-likeness (QED) is 0.665. The summed E-state index contributed by atoms with van der Waals surface area (Å²) in [7, 11) is 0. The van der Waals surface area contributed by atoms with E-state index in [1.54, 1.807) is 26.0 Å². The first kappa shape index (κ1) is 22.1. The molecule has 30 heavy (non-hydrogen) atoms. The van der Waals surface area contributed by atoms with Crippen LogP contribution in [0.25, 0.3) is 0 Å². The molecule has 1 aromatic heterocycles. The van der Waals surface area contributed by atoms with E-state index in [0.29, 0.717) is 17.9 Å². The third kappa shape index (κ3) is 4.75. The maximum atomic E-state index is 12.8. The molecule has 0 saturated carbocycles. The van der Waals surface area contributed by atoms with Crippen molar-refractivity contribution in [1.29, 1.82) is 0 Å². The first-order valence-corrected chi connectivity index (χ1v) is 10.9. The van der Waals surface area contributed by atoms with Crippen LogP contribution in [-0.4, -0.2) is 45.0 Å². The fraction of sp³-hybridized carbons (Fsp3) is 0.455. The van der Waals surface area contributed by atoms with E-state index in [9.17, 15) is 9.59 Å². The number of allylic oxidation sites excluding steroid dienone is 2. The van der Waals surface area contributed by atoms with Gasteiger partial charge in [-0.05, 0) is 39.3 Å². The molecule has 0 bridgehead atoms. The zero-order valence-corrected chi connectivity index (χ0v) is 18.5. The lowest BCUT2D eigenvalue weighted by Crippen LogP contribution is -2.51. The SMILES string of the molecule is CCOC(=O)C1(C)N=C(CC)SC1NC(=O)c1ccc(OC2(C)C=CC=CC2)nc1. The zero-order chi connectivity index (χ0) is 21.8. The third-order valence-corrected chi connectivity index (χ3v) is 6.39. The normalized spacial score (nSPS) is 27.5. The molecule has 160 valence electrons. The van der Waals surface area contributed by atoms with Gasteiger partial charge >= 0.3 is 5.97 Å². The van der Waals surface area contributed by atoms with Crippen molar-refractivity contribution in [3.63, 3.8) is 0 Å². The summed E-state index contributed by atoms with van der Waals surface area (Å²) in [5.74, 6) is -0.338. The van der Waals surface area contributed by atoms with E-state index in [-0.39, 0.29) is 12.5 Å². The Morgan fingerprint density at radius 3 is 2.67 bits per heavy atom. The topological polar surface area (TPSA) is 89.9 Å². The van der Waals surface area contributed by atoms with Crippen molar-refractivity contribution in [3.8, 4) is 5.88 Å². The van der Waals surface area contributed by atoms with Crippen LogP contribution >= 0.6 is 11.8 Å². The van der Waals surface area contributed by atoms with Crippen LogP contribution in [0, 0.1) is 0 Å². The predicted octanol–water partition coefficient (Wildman–Crippen LogP) is 3.67. The van der Waals surface area contributed by atoms with Crippen molar-refractivity contribution in [2.75, 3.05) is 6.61 Å². The molecule has 0 aromatic carbocycles. The minimum atomic E-state index is -1.16. The van der Waals surface area contributed by atoms with E-state index in [4.69, 9.17) is 9.47 Å². The Morgan fingerprint density at radius 2 is 2.07 bits per heavy atom. The number of hydrogen-bond donors (Lipinski definition) is 1. The van der Waals surface area contributed by atoms with Crippen LogP contribution in [0.3, 0.4) is 0 Å². The Bertz CT molecular complexity index is 896. The van der Waals surface area contributed by atoms with Gasteiger partial charge in [0, 0.05) is 18.7 Å². The summed E-state index contributed by atoms with van der Waals surface area (Å²) < 4.78 is 11.2. The molecule has 0 radical (unpaired) electrons. The number of hydrogen-bond acceptors (Lipinski definition) is 7. The smallest absolute Gasteiger partial charge is 0.336 e. The maximum Gasteiger partial charge on any atom is 0.336 e. The molecule has 1 aliphatic carbocycles. The number of pyridine rings is 1. The molecule has 1 aliphatic heterocycles. The lowest BCUT2D eigenvalue weighted by Gasteiger charge is -2.27. The van der Waals surface area contributed by atoms with Crippen molar-refractivity contribution >= 4 is 28.7 Å². The van der Waals surface area contributed by atoms with Gasteiger partial charge in [0.25, 0.3) is 5.91 Å². The number of rotatable bonds is 7. The highest BCUT2D eigenvalue weighted by Gasteiger charge is 2.49. The number of carbonyl (C=O) groups excluding carboxylic acids is 2. The molecule has 3 rings (SSSR count). The van der Waals surface area contributed by atoms with Gasteiger partial charge in [-0.15, -0.1) is 0 Å². The Labute approximate surface area is 181 Å². The Hall–Kier alpha value is -2.61. The molecule has 0 spiro atoms. The summed E-state index contributed by atoms with van der Waals surface area (Å²) in [4.78, 5) is 34.1. The van der Waals surface area contributed by atoms with Crippen LogP contribution < -0.4 is 10.1 Å². The molecule has 3 atom stereocenters. The van der Waals surface area contributed by atoms with E-state index in [1.165, 1.54) is 18.0 Å². The number of ether oxygens (including phenoxy) is 2. The fourth-order valence-electron chi connectivity index (χ4n) is 3.16. The number of thioether (sulfide) groups is 1. The minimum absolute atomic E-state index is 0.256. The minimum Gasteiger partial charge on any atom is -0.467 e. The lowest BCUT2D eigenvalue weighted by molar-refractivity contribution is -0.148. The standard InChI is InChI=1S/C22H27N3O4S/c1-5-17-25-22(4,20(27)28-6-2)19(30-17)24-18(26)15-10-11-16(23-14-15)29-21(3)12-8-7-9-13-21/h7-12,14,19H,5-6,13H2,1-4H3,(H,24,26). The second-order valence-electron chi connectivity index (χ2n) is 7.49. The number of carbonyl (C=O) groups is 2. The summed E-state index contributed by atoms with van der Waals surface area (Å²) in [6.07, 6.45) is 10.8. The van der Waals surface area contributed by atoms with Gasteiger partial charge in [-0.2, -0.15) is 0 Å². The van der Waals surface area contributed by atoms with Crippen LogP contribution in [-0.2, 0) is 9.53 Å². The summed E-state index contributed by atoms with van der Waals surface area (Å²) in [5.41, 5.74) is -1.24. The maximum absolute atomic E-state index is 12.8. The molecule has 0 fully saturated rings. The monoisotopic (exact) mass is 429 g/mol. The van der Waals surface area contributed by atoms with Crippen LogP contribution in [0.2, 0.25) is 0 Å². The fourth-order valence-corrected chi connectivity index (χ4v) is 4.38. The van der Waals surface area contributed by atoms with Gasteiger partial charge in [0.05, 0.1) is 17.2 Å². The van der Waals surface area contributed by atoms with E-state index in [0.717, 1.165) is 11.5 Å². The highest BCUT2D eigenvalue weighted by Crippen LogP contribution is 2.36. The van der Waals surface area contributed by atoms with Crippen molar-refractivity contribution in [3.05, 3.63) is 48.2 Å². The predicted molar refractivity (Wildman–Crippen MR) is 118 cm³/mol. The van der Waals surface area contributed by atoms with Crippen LogP contribution in [0.5, 0.6) is 5.88 Å². The highest BCUT2D eigenvalue weighted by atomic mass is 32.2. The number of esters is 1. The highest BCUT2D eigenvalue weighted by molar-refractivity contribution is 8.14. The average Bonchev–Trinajstić information content (AvgIpc) is 3.06. The molecule has 1 aromatic rings. The molecule has 3 unspecified atom stereocenters. The molecule has 0 saturated heterocycles. The van der Waals surface area contributed by atoms with Crippen LogP contribution in [0.1, 0.15) is 50.9 Å². The van der Waals surface area contributed by atoms with E-state index in [1.807, 2.05) is 38.2 Å². The van der Waals surface area contributed by atoms with Gasteiger partial charge < -0.3 is 14.8 Å². The molecular weight excluding hydrogens is 402 g/mol. The second-order valence-corrected chi connectivity index (χ2v) is 8.67. The first-order valence-electron chi connectivity index (χ1n) is 10.0. The van der Waals surface area contributed by atoms with E-state index in [2.05, 4.69) is 15.3 Å². The molecule has 2 heterocycles. The van der Waals surface area contributed by atoms with Crippen molar-refractivity contribution in [2.24, 2.45) is 4.99 Å². The van der Waals surface area contributed by atoms with Gasteiger partial charge in [-0.3, -0.25) is 9.79 Å². The number of aromatic nitrogens is 1. The number of nitrogens with one attached hydrogen (secondary N) is 1. The van der Waals surface area contributed by atoms with Crippen LogP contribution in [0.4, 0.5) is 0 Å². The van der Waals surface area contributed by atoms with Crippen LogP contribution in [0.15, 0.2) is 47.6 Å². The van der Waals surface area contributed by atoms with E-state index < -0.39 is 22.5 Å². The van der Waals surface area contributed by atoms with Gasteiger partial charge in [-0.1, -0.05) is 36.9 Å². The van der Waals surface area contributed by atoms with Gasteiger partial charge in [0.15, 0.2) is 5.54 Å². The summed E-state index contributed by atoms with van der Waals surface area (Å²) in [6.45, 7) is 7.63. The largest absolute Gasteiger partial charge is 0.467 e. The van der Waals surface area contributed by atoms with E-state index >= 15 is 0 Å².